The minimum Gasteiger partial charge on any atom is -0.493 e. The highest BCUT2D eigenvalue weighted by molar-refractivity contribution is 5.84. The minimum atomic E-state index is -0.0636. The molecular weight excluding hydrogens is 364 g/mol. The van der Waals surface area contributed by atoms with Crippen LogP contribution < -0.4 is 14.8 Å². The lowest BCUT2D eigenvalue weighted by atomic mass is 9.89. The van der Waals surface area contributed by atoms with Gasteiger partial charge in [0.15, 0.2) is 11.5 Å². The van der Waals surface area contributed by atoms with Gasteiger partial charge in [0.25, 0.3) is 0 Å². The summed E-state index contributed by atoms with van der Waals surface area (Å²) >= 11 is 0. The van der Waals surface area contributed by atoms with Gasteiger partial charge in [-0.1, -0.05) is 50.1 Å². The van der Waals surface area contributed by atoms with Crippen molar-refractivity contribution in [1.82, 2.24) is 10.3 Å². The SMILES string of the molecule is CCCCCC(=O)NCC(c1cccc(OC)c1OC)c1c[nH]c2ccccc12. The van der Waals surface area contributed by atoms with Crippen LogP contribution in [0.2, 0.25) is 0 Å². The lowest BCUT2D eigenvalue weighted by Crippen LogP contribution is -2.28. The molecule has 0 aliphatic rings. The molecule has 0 radical (unpaired) electrons. The van der Waals surface area contributed by atoms with E-state index in [-0.39, 0.29) is 11.8 Å². The maximum Gasteiger partial charge on any atom is 0.220 e. The number of ether oxygens (including phenoxy) is 2. The molecule has 0 aliphatic heterocycles. The number of carbonyl (C=O) groups is 1. The van der Waals surface area contributed by atoms with Gasteiger partial charge in [0.1, 0.15) is 0 Å². The Hall–Kier alpha value is -2.95. The number of amides is 1. The fourth-order valence-corrected chi connectivity index (χ4v) is 3.80. The second-order valence-electron chi connectivity index (χ2n) is 7.19. The number of benzene rings is 2. The predicted molar refractivity (Wildman–Crippen MR) is 117 cm³/mol. The van der Waals surface area contributed by atoms with E-state index in [0.29, 0.717) is 24.5 Å². The van der Waals surface area contributed by atoms with Crippen LogP contribution in [0.4, 0.5) is 0 Å². The van der Waals surface area contributed by atoms with Gasteiger partial charge in [-0.2, -0.15) is 0 Å². The van der Waals surface area contributed by atoms with Gasteiger partial charge in [0.05, 0.1) is 14.2 Å². The summed E-state index contributed by atoms with van der Waals surface area (Å²) in [4.78, 5) is 15.7. The average Bonchev–Trinajstić information content (AvgIpc) is 3.18. The molecule has 1 unspecified atom stereocenters. The van der Waals surface area contributed by atoms with Gasteiger partial charge in [0, 0.05) is 41.5 Å². The van der Waals surface area contributed by atoms with Crippen LogP contribution in [-0.4, -0.2) is 31.7 Å². The molecule has 3 rings (SSSR count). The van der Waals surface area contributed by atoms with Crippen LogP contribution in [0.1, 0.15) is 49.7 Å². The predicted octanol–water partition coefficient (Wildman–Crippen LogP) is 5.01. The fraction of sp³-hybridized carbons (Fsp3) is 0.375. The van der Waals surface area contributed by atoms with E-state index in [4.69, 9.17) is 9.47 Å². The smallest absolute Gasteiger partial charge is 0.220 e. The van der Waals surface area contributed by atoms with E-state index >= 15 is 0 Å². The number of H-pyrrole nitrogens is 1. The highest BCUT2D eigenvalue weighted by Gasteiger charge is 2.24. The van der Waals surface area contributed by atoms with E-state index in [1.807, 2.05) is 36.5 Å². The Morgan fingerprint density at radius 1 is 1.03 bits per heavy atom. The monoisotopic (exact) mass is 394 g/mol. The number of carbonyl (C=O) groups excluding carboxylic acids is 1. The molecule has 1 amide bonds. The van der Waals surface area contributed by atoms with Gasteiger partial charge in [0.2, 0.25) is 5.91 Å². The number of aromatic nitrogens is 1. The van der Waals surface area contributed by atoms with Crippen molar-refractivity contribution in [2.45, 2.75) is 38.5 Å². The molecule has 154 valence electrons. The first-order chi connectivity index (χ1) is 14.2. The number of fused-ring (bicyclic) bond motifs is 1. The van der Waals surface area contributed by atoms with Crippen molar-refractivity contribution in [2.24, 2.45) is 0 Å². The van der Waals surface area contributed by atoms with Crippen molar-refractivity contribution in [3.05, 3.63) is 59.8 Å². The maximum atomic E-state index is 12.4. The van der Waals surface area contributed by atoms with Gasteiger partial charge < -0.3 is 19.8 Å². The second kappa shape index (κ2) is 10.0. The van der Waals surface area contributed by atoms with Crippen molar-refractivity contribution >= 4 is 16.8 Å². The molecule has 1 atom stereocenters. The summed E-state index contributed by atoms with van der Waals surface area (Å²) in [5.41, 5.74) is 3.19. The van der Waals surface area contributed by atoms with Gasteiger partial charge in [-0.3, -0.25) is 4.79 Å². The van der Waals surface area contributed by atoms with Gasteiger partial charge >= 0.3 is 0 Å². The quantitative estimate of drug-likeness (QED) is 0.475. The van der Waals surface area contributed by atoms with Crippen LogP contribution in [0.15, 0.2) is 48.7 Å². The van der Waals surface area contributed by atoms with Crippen molar-refractivity contribution in [2.75, 3.05) is 20.8 Å². The Bertz CT molecular complexity index is 948. The second-order valence-corrected chi connectivity index (χ2v) is 7.19. The van der Waals surface area contributed by atoms with Crippen LogP contribution in [0, 0.1) is 0 Å². The standard InChI is InChI=1S/C24H30N2O3/c1-4-5-6-14-23(27)26-16-20(18-11-9-13-22(28-2)24(18)29-3)19-15-25-21-12-8-7-10-17(19)21/h7-13,15,20,25H,4-6,14,16H2,1-3H3,(H,26,27). The average molecular weight is 395 g/mol. The Labute approximate surface area is 172 Å². The van der Waals surface area contributed by atoms with E-state index in [0.717, 1.165) is 41.3 Å². The number of hydrogen-bond donors (Lipinski definition) is 2. The number of unbranched alkanes of at least 4 members (excludes halogenated alkanes) is 2. The number of rotatable bonds is 10. The molecular formula is C24H30N2O3. The van der Waals surface area contributed by atoms with Crippen molar-refractivity contribution in [3.63, 3.8) is 0 Å². The third-order valence-electron chi connectivity index (χ3n) is 5.32. The Morgan fingerprint density at radius 2 is 1.86 bits per heavy atom. The van der Waals surface area contributed by atoms with E-state index in [2.05, 4.69) is 29.4 Å². The number of nitrogens with one attached hydrogen (secondary N) is 2. The van der Waals surface area contributed by atoms with Crippen molar-refractivity contribution in [3.8, 4) is 11.5 Å². The molecule has 0 saturated carbocycles. The van der Waals surface area contributed by atoms with Crippen molar-refractivity contribution in [1.29, 1.82) is 0 Å². The minimum absolute atomic E-state index is 0.0636. The summed E-state index contributed by atoms with van der Waals surface area (Å²) in [6.07, 6.45) is 5.68. The lowest BCUT2D eigenvalue weighted by Gasteiger charge is -2.22. The topological polar surface area (TPSA) is 63.4 Å². The molecule has 1 aromatic heterocycles. The summed E-state index contributed by atoms with van der Waals surface area (Å²) in [7, 11) is 3.29. The third kappa shape index (κ3) is 4.73. The molecule has 1 heterocycles. The Kier molecular flexibility index (Phi) is 7.17. The molecule has 0 bridgehead atoms. The summed E-state index contributed by atoms with van der Waals surface area (Å²) in [5.74, 6) is 1.41. The van der Waals surface area contributed by atoms with Gasteiger partial charge in [-0.15, -0.1) is 0 Å². The Balaban J connectivity index is 1.96. The third-order valence-corrected chi connectivity index (χ3v) is 5.32. The molecule has 0 saturated heterocycles. The number of methoxy groups -OCH3 is 2. The van der Waals surface area contributed by atoms with E-state index in [1.165, 1.54) is 0 Å². The van der Waals surface area contributed by atoms with Crippen LogP contribution in [0.3, 0.4) is 0 Å². The van der Waals surface area contributed by atoms with Crippen LogP contribution in [0.25, 0.3) is 10.9 Å². The molecule has 0 spiro atoms. The van der Waals surface area contributed by atoms with Crippen molar-refractivity contribution < 1.29 is 14.3 Å². The fourth-order valence-electron chi connectivity index (χ4n) is 3.80. The molecule has 5 heteroatoms. The summed E-state index contributed by atoms with van der Waals surface area (Å²) in [6, 6.07) is 14.1. The first-order valence-electron chi connectivity index (χ1n) is 10.2. The molecule has 2 N–H and O–H groups in total. The number of para-hydroxylation sites is 2. The molecule has 2 aromatic carbocycles. The molecule has 5 nitrogen and oxygen atoms in total. The molecule has 0 aliphatic carbocycles. The van der Waals surface area contributed by atoms with Gasteiger partial charge in [-0.25, -0.2) is 0 Å². The van der Waals surface area contributed by atoms with Crippen LogP contribution in [0.5, 0.6) is 11.5 Å². The van der Waals surface area contributed by atoms with Crippen LogP contribution in [-0.2, 0) is 4.79 Å². The summed E-state index contributed by atoms with van der Waals surface area (Å²) < 4.78 is 11.2. The molecule has 0 fully saturated rings. The zero-order chi connectivity index (χ0) is 20.6. The molecule has 29 heavy (non-hydrogen) atoms. The van der Waals surface area contributed by atoms with E-state index in [9.17, 15) is 4.79 Å². The first kappa shape index (κ1) is 20.8. The lowest BCUT2D eigenvalue weighted by molar-refractivity contribution is -0.121. The largest absolute Gasteiger partial charge is 0.493 e. The van der Waals surface area contributed by atoms with Gasteiger partial charge in [-0.05, 0) is 24.1 Å². The number of hydrogen-bond acceptors (Lipinski definition) is 3. The highest BCUT2D eigenvalue weighted by Crippen LogP contribution is 2.40. The first-order valence-corrected chi connectivity index (χ1v) is 10.2. The van der Waals surface area contributed by atoms with E-state index in [1.54, 1.807) is 14.2 Å². The van der Waals surface area contributed by atoms with Crippen LogP contribution >= 0.6 is 0 Å². The molecule has 3 aromatic rings. The number of aromatic amines is 1. The maximum absolute atomic E-state index is 12.4. The zero-order valence-corrected chi connectivity index (χ0v) is 17.5. The Morgan fingerprint density at radius 3 is 2.62 bits per heavy atom. The highest BCUT2D eigenvalue weighted by atomic mass is 16.5. The normalized spacial score (nSPS) is 12.0. The summed E-state index contributed by atoms with van der Waals surface area (Å²) in [5, 5.41) is 4.27. The summed E-state index contributed by atoms with van der Waals surface area (Å²) in [6.45, 7) is 2.64. The van der Waals surface area contributed by atoms with E-state index < -0.39 is 0 Å². The zero-order valence-electron chi connectivity index (χ0n) is 17.5.